The van der Waals surface area contributed by atoms with Gasteiger partial charge in [-0.15, -0.1) is 0 Å². The second kappa shape index (κ2) is 5.73. The van der Waals surface area contributed by atoms with Crippen molar-refractivity contribution < 1.29 is 9.72 Å². The van der Waals surface area contributed by atoms with Crippen molar-refractivity contribution in [1.82, 2.24) is 19.6 Å². The van der Waals surface area contributed by atoms with E-state index < -0.39 is 4.92 Å². The van der Waals surface area contributed by atoms with Gasteiger partial charge in [0.2, 0.25) is 5.91 Å². The maximum absolute atomic E-state index is 11.8. The van der Waals surface area contributed by atoms with Crippen LogP contribution in [0.4, 0.5) is 11.4 Å². The van der Waals surface area contributed by atoms with E-state index in [0.717, 1.165) is 5.69 Å². The van der Waals surface area contributed by atoms with Crippen LogP contribution in [0.25, 0.3) is 0 Å². The zero-order valence-corrected chi connectivity index (χ0v) is 12.0. The van der Waals surface area contributed by atoms with E-state index in [9.17, 15) is 14.9 Å². The fourth-order valence-corrected chi connectivity index (χ4v) is 1.85. The van der Waals surface area contributed by atoms with Crippen molar-refractivity contribution in [3.63, 3.8) is 0 Å². The smallest absolute Gasteiger partial charge is 0.309 e. The number of anilines is 1. The van der Waals surface area contributed by atoms with Gasteiger partial charge in [0, 0.05) is 20.0 Å². The molecule has 0 unspecified atom stereocenters. The fraction of sp³-hybridized carbons (Fsp3) is 0.417. The highest BCUT2D eigenvalue weighted by Gasteiger charge is 2.16. The van der Waals surface area contributed by atoms with Gasteiger partial charge in [-0.1, -0.05) is 0 Å². The molecule has 0 fully saturated rings. The summed E-state index contributed by atoms with van der Waals surface area (Å²) in [5.74, 6) is -0.193. The number of carbonyl (C=O) groups is 1. The van der Waals surface area contributed by atoms with Gasteiger partial charge >= 0.3 is 5.69 Å². The van der Waals surface area contributed by atoms with Gasteiger partial charge in [-0.3, -0.25) is 24.3 Å². The summed E-state index contributed by atoms with van der Waals surface area (Å²) in [6, 6.07) is 0. The summed E-state index contributed by atoms with van der Waals surface area (Å²) < 4.78 is 3.07. The maximum Gasteiger partial charge on any atom is 0.309 e. The topological polar surface area (TPSA) is 108 Å². The number of nitrogens with zero attached hydrogens (tertiary/aromatic N) is 5. The molecule has 2 aromatic rings. The lowest BCUT2D eigenvalue weighted by Gasteiger charge is -2.04. The number of aromatic nitrogens is 4. The van der Waals surface area contributed by atoms with E-state index in [1.54, 1.807) is 24.9 Å². The molecule has 1 amide bonds. The van der Waals surface area contributed by atoms with Crippen LogP contribution in [0.2, 0.25) is 0 Å². The Kier molecular flexibility index (Phi) is 4.01. The second-order valence-corrected chi connectivity index (χ2v) is 4.69. The summed E-state index contributed by atoms with van der Waals surface area (Å²) in [5.41, 5.74) is 1.81. The van der Waals surface area contributed by atoms with Gasteiger partial charge in [0.25, 0.3) is 0 Å². The van der Waals surface area contributed by atoms with Crippen LogP contribution >= 0.6 is 0 Å². The number of rotatable bonds is 5. The first-order valence-electron chi connectivity index (χ1n) is 6.35. The van der Waals surface area contributed by atoms with E-state index in [0.29, 0.717) is 11.4 Å². The summed E-state index contributed by atoms with van der Waals surface area (Å²) in [6.07, 6.45) is 3.08. The zero-order chi connectivity index (χ0) is 15.6. The Bertz CT molecular complexity index is 687. The van der Waals surface area contributed by atoms with Crippen LogP contribution in [0.15, 0.2) is 12.4 Å². The van der Waals surface area contributed by atoms with Gasteiger partial charge in [-0.05, 0) is 13.8 Å². The number of carbonyl (C=O) groups excluding carboxylic acids is 1. The molecule has 112 valence electrons. The molecule has 0 radical (unpaired) electrons. The van der Waals surface area contributed by atoms with Crippen molar-refractivity contribution in [2.24, 2.45) is 7.05 Å². The normalized spacial score (nSPS) is 10.6. The highest BCUT2D eigenvalue weighted by Crippen LogP contribution is 2.16. The largest absolute Gasteiger partial charge is 0.323 e. The van der Waals surface area contributed by atoms with Crippen molar-refractivity contribution in [2.45, 2.75) is 26.8 Å². The molecule has 0 aliphatic rings. The van der Waals surface area contributed by atoms with Crippen molar-refractivity contribution in [3.8, 4) is 0 Å². The molecule has 2 aromatic heterocycles. The van der Waals surface area contributed by atoms with Gasteiger partial charge in [0.05, 0.1) is 22.5 Å². The molecule has 2 rings (SSSR count). The second-order valence-electron chi connectivity index (χ2n) is 4.69. The number of amides is 1. The Labute approximate surface area is 120 Å². The lowest BCUT2D eigenvalue weighted by molar-refractivity contribution is -0.385. The third-order valence-electron chi connectivity index (χ3n) is 3.19. The minimum Gasteiger partial charge on any atom is -0.323 e. The van der Waals surface area contributed by atoms with E-state index in [1.165, 1.54) is 10.9 Å². The van der Waals surface area contributed by atoms with Gasteiger partial charge < -0.3 is 5.32 Å². The molecule has 0 aliphatic heterocycles. The molecule has 0 aliphatic carbocycles. The van der Waals surface area contributed by atoms with Crippen LogP contribution in [0.3, 0.4) is 0 Å². The molecule has 0 saturated carbocycles. The highest BCUT2D eigenvalue weighted by atomic mass is 16.6. The standard InChI is InChI=1S/C12H16N6O3/c1-8-11(18(20)21)7-17(15-8)5-4-12(19)14-10-6-13-16(3)9(10)2/h6-7H,4-5H2,1-3H3,(H,14,19). The molecular formula is C12H16N6O3. The molecule has 0 spiro atoms. The average molecular weight is 292 g/mol. The quantitative estimate of drug-likeness (QED) is 0.657. The van der Waals surface area contributed by atoms with Gasteiger partial charge in [-0.25, -0.2) is 0 Å². The number of aryl methyl sites for hydroxylation is 3. The fourth-order valence-electron chi connectivity index (χ4n) is 1.85. The molecule has 9 heteroatoms. The van der Waals surface area contributed by atoms with E-state index >= 15 is 0 Å². The summed E-state index contributed by atoms with van der Waals surface area (Å²) in [5, 5.41) is 21.5. The Hall–Kier alpha value is -2.71. The predicted octanol–water partition coefficient (Wildman–Crippen LogP) is 1.17. The summed E-state index contributed by atoms with van der Waals surface area (Å²) in [4.78, 5) is 22.1. The molecule has 21 heavy (non-hydrogen) atoms. The summed E-state index contributed by atoms with van der Waals surface area (Å²) >= 11 is 0. The predicted molar refractivity (Wildman–Crippen MR) is 74.8 cm³/mol. The van der Waals surface area contributed by atoms with Gasteiger partial charge in [0.1, 0.15) is 11.9 Å². The molecule has 9 nitrogen and oxygen atoms in total. The minimum absolute atomic E-state index is 0.0430. The van der Waals surface area contributed by atoms with Crippen LogP contribution in [0.5, 0.6) is 0 Å². The number of hydrogen-bond acceptors (Lipinski definition) is 5. The van der Waals surface area contributed by atoms with Crippen molar-refractivity contribution in [2.75, 3.05) is 5.32 Å². The first-order chi connectivity index (χ1) is 9.88. The Morgan fingerprint density at radius 1 is 1.48 bits per heavy atom. The molecule has 2 heterocycles. The molecule has 0 aromatic carbocycles. The Morgan fingerprint density at radius 2 is 2.19 bits per heavy atom. The molecular weight excluding hydrogens is 276 g/mol. The van der Waals surface area contributed by atoms with Crippen molar-refractivity contribution >= 4 is 17.3 Å². The Balaban J connectivity index is 1.94. The van der Waals surface area contributed by atoms with Crippen molar-refractivity contribution in [1.29, 1.82) is 0 Å². The molecule has 0 saturated heterocycles. The first kappa shape index (κ1) is 14.7. The monoisotopic (exact) mass is 292 g/mol. The molecule has 0 bridgehead atoms. The summed E-state index contributed by atoms with van der Waals surface area (Å²) in [6.45, 7) is 3.69. The lowest BCUT2D eigenvalue weighted by Crippen LogP contribution is -2.15. The third kappa shape index (κ3) is 3.25. The van der Waals surface area contributed by atoms with Crippen LogP contribution in [-0.4, -0.2) is 30.4 Å². The van der Waals surface area contributed by atoms with Gasteiger partial charge in [0.15, 0.2) is 0 Å². The SMILES string of the molecule is Cc1nn(CCC(=O)Nc2cnn(C)c2C)cc1[N+](=O)[O-]. The minimum atomic E-state index is -0.488. The Morgan fingerprint density at radius 3 is 2.71 bits per heavy atom. The maximum atomic E-state index is 11.8. The first-order valence-corrected chi connectivity index (χ1v) is 6.35. The van der Waals surface area contributed by atoms with Crippen LogP contribution in [-0.2, 0) is 18.4 Å². The van der Waals surface area contributed by atoms with Crippen LogP contribution in [0, 0.1) is 24.0 Å². The third-order valence-corrected chi connectivity index (χ3v) is 3.19. The van der Waals surface area contributed by atoms with Crippen molar-refractivity contribution in [3.05, 3.63) is 33.9 Å². The highest BCUT2D eigenvalue weighted by molar-refractivity contribution is 5.91. The summed E-state index contributed by atoms with van der Waals surface area (Å²) in [7, 11) is 1.79. The van der Waals surface area contributed by atoms with E-state index in [2.05, 4.69) is 15.5 Å². The zero-order valence-electron chi connectivity index (χ0n) is 12.0. The number of nitro groups is 1. The van der Waals surface area contributed by atoms with E-state index in [4.69, 9.17) is 0 Å². The number of hydrogen-bond donors (Lipinski definition) is 1. The van der Waals surface area contributed by atoms with Gasteiger partial charge in [-0.2, -0.15) is 10.2 Å². The molecule has 1 N–H and O–H groups in total. The molecule has 0 atom stereocenters. The van der Waals surface area contributed by atoms with Crippen LogP contribution < -0.4 is 5.32 Å². The average Bonchev–Trinajstić information content (AvgIpc) is 2.94. The lowest BCUT2D eigenvalue weighted by atomic mass is 10.3. The van der Waals surface area contributed by atoms with E-state index in [-0.39, 0.29) is 24.6 Å². The number of nitrogens with one attached hydrogen (secondary N) is 1. The van der Waals surface area contributed by atoms with Crippen LogP contribution in [0.1, 0.15) is 17.8 Å². The van der Waals surface area contributed by atoms with E-state index in [1.807, 2.05) is 6.92 Å².